The molecular formula is C20H28N2O4. The quantitative estimate of drug-likeness (QED) is 0.867. The van der Waals surface area contributed by atoms with Gasteiger partial charge >= 0.3 is 0 Å². The summed E-state index contributed by atoms with van der Waals surface area (Å²) in [6.45, 7) is 3.31. The molecule has 0 radical (unpaired) electrons. The van der Waals surface area contributed by atoms with E-state index in [2.05, 4.69) is 0 Å². The molecule has 2 aliphatic heterocycles. The van der Waals surface area contributed by atoms with Crippen molar-refractivity contribution < 1.29 is 19.4 Å². The third kappa shape index (κ3) is 4.07. The number of benzene rings is 1. The molecule has 1 aromatic carbocycles. The predicted octanol–water partition coefficient (Wildman–Crippen LogP) is 1.67. The molecule has 0 bridgehead atoms. The van der Waals surface area contributed by atoms with Crippen molar-refractivity contribution in [2.75, 3.05) is 39.9 Å². The van der Waals surface area contributed by atoms with Gasteiger partial charge < -0.3 is 19.6 Å². The molecule has 142 valence electrons. The van der Waals surface area contributed by atoms with Crippen LogP contribution in [-0.4, -0.2) is 66.6 Å². The highest BCUT2D eigenvalue weighted by atomic mass is 16.5. The molecule has 0 aliphatic carbocycles. The Morgan fingerprint density at radius 3 is 2.69 bits per heavy atom. The number of amides is 2. The highest BCUT2D eigenvalue weighted by molar-refractivity contribution is 5.94. The lowest BCUT2D eigenvalue weighted by Gasteiger charge is -2.48. The fourth-order valence-electron chi connectivity index (χ4n) is 4.16. The Morgan fingerprint density at radius 2 is 2.00 bits per heavy atom. The monoisotopic (exact) mass is 360 g/mol. The van der Waals surface area contributed by atoms with Gasteiger partial charge in [0.2, 0.25) is 5.91 Å². The van der Waals surface area contributed by atoms with Gasteiger partial charge in [-0.1, -0.05) is 12.1 Å². The molecule has 1 N–H and O–H groups in total. The zero-order valence-electron chi connectivity index (χ0n) is 15.4. The number of hydrogen-bond donors (Lipinski definition) is 1. The predicted molar refractivity (Wildman–Crippen MR) is 97.6 cm³/mol. The molecule has 6 nitrogen and oxygen atoms in total. The van der Waals surface area contributed by atoms with Crippen LogP contribution in [0.3, 0.4) is 0 Å². The lowest BCUT2D eigenvalue weighted by Crippen LogP contribution is -2.55. The van der Waals surface area contributed by atoms with E-state index in [9.17, 15) is 9.59 Å². The number of aliphatic hydroxyl groups is 1. The molecule has 0 unspecified atom stereocenters. The van der Waals surface area contributed by atoms with Crippen molar-refractivity contribution in [3.8, 4) is 0 Å². The first-order chi connectivity index (χ1) is 12.6. The lowest BCUT2D eigenvalue weighted by molar-refractivity contribution is -0.139. The molecule has 2 amide bonds. The Kier molecular flexibility index (Phi) is 5.94. The van der Waals surface area contributed by atoms with Crippen LogP contribution >= 0.6 is 0 Å². The van der Waals surface area contributed by atoms with Gasteiger partial charge in [-0.15, -0.1) is 0 Å². The first-order valence-electron chi connectivity index (χ1n) is 9.33. The van der Waals surface area contributed by atoms with Gasteiger partial charge in [0.05, 0.1) is 13.2 Å². The standard InChI is InChI=1S/C20H28N2O4/c1-26-12-11-21-14-20(9-7-18(21)24)8-2-10-22(15-20)19(25)17-5-3-16(13-23)4-6-17/h3-6,23H,2,7-15H2,1H3/t20-/m0/s1. The van der Waals surface area contributed by atoms with Crippen LogP contribution in [0.15, 0.2) is 24.3 Å². The molecular weight excluding hydrogens is 332 g/mol. The van der Waals surface area contributed by atoms with Crippen molar-refractivity contribution in [1.82, 2.24) is 9.80 Å². The molecule has 1 atom stereocenters. The molecule has 0 aromatic heterocycles. The number of rotatable bonds is 5. The molecule has 0 saturated carbocycles. The van der Waals surface area contributed by atoms with Crippen LogP contribution in [0.1, 0.15) is 41.6 Å². The highest BCUT2D eigenvalue weighted by Crippen LogP contribution is 2.39. The van der Waals surface area contributed by atoms with Crippen molar-refractivity contribution in [3.05, 3.63) is 35.4 Å². The Morgan fingerprint density at radius 1 is 1.23 bits per heavy atom. The van der Waals surface area contributed by atoms with Crippen molar-refractivity contribution in [2.45, 2.75) is 32.3 Å². The second-order valence-corrected chi connectivity index (χ2v) is 7.49. The average molecular weight is 360 g/mol. The molecule has 2 saturated heterocycles. The van der Waals surface area contributed by atoms with E-state index < -0.39 is 0 Å². The summed E-state index contributed by atoms with van der Waals surface area (Å²) in [5.41, 5.74) is 1.46. The summed E-state index contributed by atoms with van der Waals surface area (Å²) in [6.07, 6.45) is 3.42. The molecule has 2 fully saturated rings. The van der Waals surface area contributed by atoms with Gasteiger partial charge in [0, 0.05) is 50.7 Å². The van der Waals surface area contributed by atoms with Crippen LogP contribution in [0.25, 0.3) is 0 Å². The first kappa shape index (κ1) is 18.9. The van der Waals surface area contributed by atoms with E-state index in [0.717, 1.165) is 31.4 Å². The maximum atomic E-state index is 12.9. The van der Waals surface area contributed by atoms with E-state index >= 15 is 0 Å². The van der Waals surface area contributed by atoms with Crippen molar-refractivity contribution in [2.24, 2.45) is 5.41 Å². The van der Waals surface area contributed by atoms with E-state index in [-0.39, 0.29) is 23.8 Å². The number of aliphatic hydroxyl groups excluding tert-OH is 1. The number of likely N-dealkylation sites (tertiary alicyclic amines) is 2. The third-order valence-corrected chi connectivity index (χ3v) is 5.65. The maximum absolute atomic E-state index is 12.9. The largest absolute Gasteiger partial charge is 0.392 e. The van der Waals surface area contributed by atoms with Crippen LogP contribution in [0.4, 0.5) is 0 Å². The van der Waals surface area contributed by atoms with Crippen molar-refractivity contribution >= 4 is 11.8 Å². The van der Waals surface area contributed by atoms with Crippen molar-refractivity contribution in [3.63, 3.8) is 0 Å². The summed E-state index contributed by atoms with van der Waals surface area (Å²) in [5.74, 6) is 0.227. The minimum absolute atomic E-state index is 0.000596. The second-order valence-electron chi connectivity index (χ2n) is 7.49. The van der Waals surface area contributed by atoms with Gasteiger partial charge in [-0.25, -0.2) is 0 Å². The molecule has 2 aliphatic rings. The Hall–Kier alpha value is -1.92. The Bertz CT molecular complexity index is 646. The topological polar surface area (TPSA) is 70.1 Å². The highest BCUT2D eigenvalue weighted by Gasteiger charge is 2.42. The molecule has 1 aromatic rings. The molecule has 26 heavy (non-hydrogen) atoms. The Balaban J connectivity index is 1.69. The normalized spacial score (nSPS) is 23.5. The number of methoxy groups -OCH3 is 1. The van der Waals surface area contributed by atoms with E-state index in [1.807, 2.05) is 9.80 Å². The Labute approximate surface area is 154 Å². The summed E-state index contributed by atoms with van der Waals surface area (Å²) in [6, 6.07) is 7.15. The van der Waals surface area contributed by atoms with E-state index in [1.54, 1.807) is 31.4 Å². The molecule has 1 spiro atoms. The number of piperidine rings is 2. The smallest absolute Gasteiger partial charge is 0.253 e. The lowest BCUT2D eigenvalue weighted by atomic mass is 9.73. The molecule has 6 heteroatoms. The fourth-order valence-corrected chi connectivity index (χ4v) is 4.16. The zero-order valence-corrected chi connectivity index (χ0v) is 15.4. The molecule has 3 rings (SSSR count). The van der Waals surface area contributed by atoms with Gasteiger partial charge in [0.15, 0.2) is 0 Å². The van der Waals surface area contributed by atoms with Gasteiger partial charge in [0.25, 0.3) is 5.91 Å². The summed E-state index contributed by atoms with van der Waals surface area (Å²) in [5, 5.41) is 9.15. The van der Waals surface area contributed by atoms with Gasteiger partial charge in [-0.2, -0.15) is 0 Å². The first-order valence-corrected chi connectivity index (χ1v) is 9.33. The number of ether oxygens (including phenoxy) is 1. The number of nitrogens with zero attached hydrogens (tertiary/aromatic N) is 2. The fraction of sp³-hybridized carbons (Fsp3) is 0.600. The SMILES string of the molecule is COCCN1C[C@]2(CCCN(C(=O)c3ccc(CO)cc3)C2)CCC1=O. The van der Waals surface area contributed by atoms with E-state index in [1.165, 1.54) is 0 Å². The summed E-state index contributed by atoms with van der Waals surface area (Å²) in [4.78, 5) is 28.9. The van der Waals surface area contributed by atoms with Crippen LogP contribution in [0, 0.1) is 5.41 Å². The van der Waals surface area contributed by atoms with E-state index in [4.69, 9.17) is 9.84 Å². The van der Waals surface area contributed by atoms with Crippen LogP contribution in [-0.2, 0) is 16.1 Å². The van der Waals surface area contributed by atoms with Gasteiger partial charge in [-0.05, 0) is 37.0 Å². The average Bonchev–Trinajstić information content (AvgIpc) is 2.68. The van der Waals surface area contributed by atoms with Crippen LogP contribution < -0.4 is 0 Å². The van der Waals surface area contributed by atoms with Crippen LogP contribution in [0.5, 0.6) is 0 Å². The summed E-state index contributed by atoms with van der Waals surface area (Å²) in [7, 11) is 1.65. The number of carbonyl (C=O) groups excluding carboxylic acids is 2. The third-order valence-electron chi connectivity index (χ3n) is 5.65. The van der Waals surface area contributed by atoms with Gasteiger partial charge in [0.1, 0.15) is 0 Å². The zero-order chi connectivity index (χ0) is 18.6. The minimum Gasteiger partial charge on any atom is -0.392 e. The second kappa shape index (κ2) is 8.18. The van der Waals surface area contributed by atoms with Gasteiger partial charge in [-0.3, -0.25) is 9.59 Å². The van der Waals surface area contributed by atoms with Crippen LogP contribution in [0.2, 0.25) is 0 Å². The van der Waals surface area contributed by atoms with Crippen molar-refractivity contribution in [1.29, 1.82) is 0 Å². The van der Waals surface area contributed by atoms with E-state index in [0.29, 0.717) is 38.2 Å². The summed E-state index contributed by atoms with van der Waals surface area (Å²) >= 11 is 0. The molecule has 2 heterocycles. The number of carbonyl (C=O) groups is 2. The summed E-state index contributed by atoms with van der Waals surface area (Å²) < 4.78 is 5.13. The number of hydrogen-bond acceptors (Lipinski definition) is 4. The maximum Gasteiger partial charge on any atom is 0.253 e. The minimum atomic E-state index is -0.0212.